The third-order valence-corrected chi connectivity index (χ3v) is 4.19. The van der Waals surface area contributed by atoms with Gasteiger partial charge >= 0.3 is 5.97 Å². The predicted molar refractivity (Wildman–Crippen MR) is 107 cm³/mol. The van der Waals surface area contributed by atoms with E-state index in [9.17, 15) is 14.7 Å². The summed E-state index contributed by atoms with van der Waals surface area (Å²) >= 11 is 19.9. The topological polar surface area (TPSA) is 87.7 Å². The fourth-order valence-corrected chi connectivity index (χ4v) is 2.90. The molecular weight excluding hydrogens is 467 g/mol. The molecular formula is C16H11BrCl2N2O4S. The highest BCUT2D eigenvalue weighted by Crippen LogP contribution is 2.27. The van der Waals surface area contributed by atoms with E-state index < -0.39 is 11.9 Å². The minimum atomic E-state index is -1.14. The van der Waals surface area contributed by atoms with Crippen molar-refractivity contribution in [3.8, 4) is 5.75 Å². The van der Waals surface area contributed by atoms with Gasteiger partial charge in [-0.25, -0.2) is 4.79 Å². The molecule has 0 aliphatic rings. The standard InChI is InChI=1S/C16H11BrCl2N2O4S/c17-8-1-3-12(10(5-8)15(23)24)20-16(26)21-14(22)7-25-13-4-2-9(18)6-11(13)19/h1-6H,7H2,(H,23,24)(H2,20,21,22,26). The summed E-state index contributed by atoms with van der Waals surface area (Å²) in [6, 6.07) is 9.19. The van der Waals surface area contributed by atoms with Crippen LogP contribution < -0.4 is 15.4 Å². The number of carboxylic acid groups (broad SMARTS) is 1. The molecule has 0 saturated heterocycles. The lowest BCUT2D eigenvalue weighted by Gasteiger charge is -2.13. The number of carbonyl (C=O) groups excluding carboxylic acids is 1. The van der Waals surface area contributed by atoms with Crippen molar-refractivity contribution >= 4 is 74.0 Å². The maximum atomic E-state index is 11.9. The molecule has 0 atom stereocenters. The van der Waals surface area contributed by atoms with Crippen molar-refractivity contribution in [3.63, 3.8) is 0 Å². The van der Waals surface area contributed by atoms with Gasteiger partial charge in [0.2, 0.25) is 0 Å². The van der Waals surface area contributed by atoms with Crippen molar-refractivity contribution in [2.75, 3.05) is 11.9 Å². The van der Waals surface area contributed by atoms with Gasteiger partial charge in [0.25, 0.3) is 5.91 Å². The lowest BCUT2D eigenvalue weighted by Crippen LogP contribution is -2.37. The molecule has 0 bridgehead atoms. The maximum Gasteiger partial charge on any atom is 0.337 e. The number of amides is 1. The van der Waals surface area contributed by atoms with Crippen molar-refractivity contribution in [1.82, 2.24) is 5.32 Å². The van der Waals surface area contributed by atoms with Gasteiger partial charge < -0.3 is 15.2 Å². The highest BCUT2D eigenvalue weighted by Gasteiger charge is 2.13. The third-order valence-electron chi connectivity index (χ3n) is 2.97. The van der Waals surface area contributed by atoms with E-state index in [0.717, 1.165) is 0 Å². The minimum absolute atomic E-state index is 0.000157. The van der Waals surface area contributed by atoms with E-state index in [-0.39, 0.29) is 28.0 Å². The molecule has 0 spiro atoms. The Morgan fingerprint density at radius 2 is 1.92 bits per heavy atom. The highest BCUT2D eigenvalue weighted by atomic mass is 79.9. The molecule has 0 heterocycles. The van der Waals surface area contributed by atoms with E-state index in [1.54, 1.807) is 12.1 Å². The Bertz CT molecular complexity index is 879. The smallest absolute Gasteiger partial charge is 0.337 e. The van der Waals surface area contributed by atoms with E-state index in [1.165, 1.54) is 24.3 Å². The van der Waals surface area contributed by atoms with Crippen LogP contribution in [0.4, 0.5) is 5.69 Å². The first-order valence-electron chi connectivity index (χ1n) is 6.98. The normalized spacial score (nSPS) is 10.1. The fourth-order valence-electron chi connectivity index (χ4n) is 1.85. The average Bonchev–Trinajstić information content (AvgIpc) is 2.55. The largest absolute Gasteiger partial charge is 0.482 e. The van der Waals surface area contributed by atoms with Crippen LogP contribution in [0.3, 0.4) is 0 Å². The monoisotopic (exact) mass is 476 g/mol. The predicted octanol–water partition coefficient (Wildman–Crippen LogP) is 4.35. The van der Waals surface area contributed by atoms with Crippen LogP contribution in [-0.2, 0) is 4.79 Å². The molecule has 6 nitrogen and oxygen atoms in total. The third kappa shape index (κ3) is 5.84. The molecule has 136 valence electrons. The molecule has 26 heavy (non-hydrogen) atoms. The molecule has 1 amide bonds. The van der Waals surface area contributed by atoms with Crippen LogP contribution in [0.25, 0.3) is 0 Å². The number of hydrogen-bond acceptors (Lipinski definition) is 4. The van der Waals surface area contributed by atoms with E-state index in [4.69, 9.17) is 40.2 Å². The molecule has 2 rings (SSSR count). The summed E-state index contributed by atoms with van der Waals surface area (Å²) in [5, 5.41) is 14.9. The summed E-state index contributed by atoms with van der Waals surface area (Å²) < 4.78 is 5.89. The van der Waals surface area contributed by atoms with E-state index in [0.29, 0.717) is 15.2 Å². The van der Waals surface area contributed by atoms with Gasteiger partial charge in [-0.3, -0.25) is 10.1 Å². The molecule has 0 unspecified atom stereocenters. The van der Waals surface area contributed by atoms with Crippen molar-refractivity contribution < 1.29 is 19.4 Å². The molecule has 0 saturated carbocycles. The van der Waals surface area contributed by atoms with Crippen LogP contribution >= 0.6 is 51.3 Å². The number of ether oxygens (including phenoxy) is 1. The van der Waals surface area contributed by atoms with E-state index in [2.05, 4.69) is 26.6 Å². The van der Waals surface area contributed by atoms with Crippen LogP contribution in [0.2, 0.25) is 10.0 Å². The average molecular weight is 478 g/mol. The number of carbonyl (C=O) groups is 2. The van der Waals surface area contributed by atoms with Crippen molar-refractivity contribution in [1.29, 1.82) is 0 Å². The van der Waals surface area contributed by atoms with Crippen LogP contribution in [0, 0.1) is 0 Å². The first-order valence-corrected chi connectivity index (χ1v) is 8.93. The van der Waals surface area contributed by atoms with Crippen molar-refractivity contribution in [3.05, 3.63) is 56.5 Å². The van der Waals surface area contributed by atoms with Crippen LogP contribution in [-0.4, -0.2) is 28.7 Å². The Balaban J connectivity index is 1.93. The zero-order chi connectivity index (χ0) is 19.3. The highest BCUT2D eigenvalue weighted by molar-refractivity contribution is 9.10. The molecule has 0 aliphatic heterocycles. The number of thiocarbonyl (C=S) groups is 1. The molecule has 10 heteroatoms. The second-order valence-corrected chi connectivity index (χ2v) is 7.03. The molecule has 2 aromatic rings. The van der Waals surface area contributed by atoms with Gasteiger partial charge in [-0.2, -0.15) is 0 Å². The van der Waals surface area contributed by atoms with Crippen LogP contribution in [0.15, 0.2) is 40.9 Å². The molecule has 0 aliphatic carbocycles. The van der Waals surface area contributed by atoms with E-state index >= 15 is 0 Å². The summed E-state index contributed by atoms with van der Waals surface area (Å²) in [5.74, 6) is -1.38. The van der Waals surface area contributed by atoms with Gasteiger partial charge in [0, 0.05) is 9.50 Å². The van der Waals surface area contributed by atoms with Gasteiger partial charge in [-0.05, 0) is 48.6 Å². The number of aromatic carboxylic acids is 1. The second kappa shape index (κ2) is 9.18. The number of nitrogens with one attached hydrogen (secondary N) is 2. The number of anilines is 1. The Morgan fingerprint density at radius 1 is 1.19 bits per heavy atom. The maximum absolute atomic E-state index is 11.9. The van der Waals surface area contributed by atoms with Crippen LogP contribution in [0.5, 0.6) is 5.75 Å². The van der Waals surface area contributed by atoms with E-state index in [1.807, 2.05) is 0 Å². The Kier molecular flexibility index (Phi) is 7.22. The first-order chi connectivity index (χ1) is 12.3. The van der Waals surface area contributed by atoms with Gasteiger partial charge in [-0.15, -0.1) is 0 Å². The lowest BCUT2D eigenvalue weighted by atomic mass is 10.2. The Hall–Kier alpha value is -1.87. The number of halogens is 3. The zero-order valence-electron chi connectivity index (χ0n) is 12.9. The quantitative estimate of drug-likeness (QED) is 0.555. The molecule has 3 N–H and O–H groups in total. The molecule has 2 aromatic carbocycles. The molecule has 0 fully saturated rings. The number of benzene rings is 2. The summed E-state index contributed by atoms with van der Waals surface area (Å²) in [7, 11) is 0. The summed E-state index contributed by atoms with van der Waals surface area (Å²) in [6.45, 7) is -0.338. The Morgan fingerprint density at radius 3 is 2.58 bits per heavy atom. The lowest BCUT2D eigenvalue weighted by molar-refractivity contribution is -0.121. The fraction of sp³-hybridized carbons (Fsp3) is 0.0625. The van der Waals surface area contributed by atoms with Gasteiger partial charge in [0.05, 0.1) is 16.3 Å². The summed E-state index contributed by atoms with van der Waals surface area (Å²) in [5.41, 5.74) is 0.243. The number of carboxylic acids is 1. The van der Waals surface area contributed by atoms with Crippen LogP contribution in [0.1, 0.15) is 10.4 Å². The molecule has 0 radical (unpaired) electrons. The van der Waals surface area contributed by atoms with Crippen molar-refractivity contribution in [2.24, 2.45) is 0 Å². The second-order valence-electron chi connectivity index (χ2n) is 4.86. The number of rotatable bonds is 5. The summed E-state index contributed by atoms with van der Waals surface area (Å²) in [4.78, 5) is 23.2. The first kappa shape index (κ1) is 20.4. The van der Waals surface area contributed by atoms with Gasteiger partial charge in [-0.1, -0.05) is 39.1 Å². The van der Waals surface area contributed by atoms with Gasteiger partial charge in [0.15, 0.2) is 11.7 Å². The Labute approximate surface area is 172 Å². The van der Waals surface area contributed by atoms with Crippen molar-refractivity contribution in [2.45, 2.75) is 0 Å². The van der Waals surface area contributed by atoms with Gasteiger partial charge in [0.1, 0.15) is 5.75 Å². The molecule has 0 aromatic heterocycles. The zero-order valence-corrected chi connectivity index (χ0v) is 16.8. The SMILES string of the molecule is O=C(COc1ccc(Cl)cc1Cl)NC(=S)Nc1ccc(Br)cc1C(=O)O. The minimum Gasteiger partial charge on any atom is -0.482 e. The summed E-state index contributed by atoms with van der Waals surface area (Å²) in [6.07, 6.45) is 0. The number of hydrogen-bond donors (Lipinski definition) is 3.